The van der Waals surface area contributed by atoms with Gasteiger partial charge in [-0.05, 0) is 42.4 Å². The number of hydrogen-bond donors (Lipinski definition) is 1. The Labute approximate surface area is 86.5 Å². The molecule has 1 N–H and O–H groups in total. The molecular formula is C12H21NO. The lowest BCUT2D eigenvalue weighted by Gasteiger charge is -2.37. The molecule has 0 saturated heterocycles. The number of carbonyl (C=O) groups is 1. The second kappa shape index (κ2) is 2.98. The van der Waals surface area contributed by atoms with Crippen molar-refractivity contribution >= 4 is 5.91 Å². The Morgan fingerprint density at radius 3 is 2.29 bits per heavy atom. The summed E-state index contributed by atoms with van der Waals surface area (Å²) >= 11 is 0. The number of fused-ring (bicyclic) bond motifs is 2. The van der Waals surface area contributed by atoms with Crippen molar-refractivity contribution in [2.45, 2.75) is 46.0 Å². The molecule has 2 fully saturated rings. The fourth-order valence-corrected chi connectivity index (χ4v) is 3.77. The monoisotopic (exact) mass is 195 g/mol. The predicted octanol–water partition coefficient (Wildman–Crippen LogP) is 2.34. The molecule has 1 amide bonds. The fourth-order valence-electron chi connectivity index (χ4n) is 3.77. The molecule has 0 aromatic carbocycles. The summed E-state index contributed by atoms with van der Waals surface area (Å²) in [7, 11) is 1.74. The van der Waals surface area contributed by atoms with E-state index in [1.54, 1.807) is 7.05 Å². The van der Waals surface area contributed by atoms with Crippen LogP contribution >= 0.6 is 0 Å². The highest BCUT2D eigenvalue weighted by atomic mass is 16.1. The van der Waals surface area contributed by atoms with Crippen molar-refractivity contribution in [2.24, 2.45) is 16.7 Å². The Hall–Kier alpha value is -0.530. The van der Waals surface area contributed by atoms with Gasteiger partial charge in [0.25, 0.3) is 0 Å². The first-order valence-electron chi connectivity index (χ1n) is 5.72. The summed E-state index contributed by atoms with van der Waals surface area (Å²) in [6.07, 6.45) is 5.94. The van der Waals surface area contributed by atoms with Gasteiger partial charge in [-0.2, -0.15) is 0 Å². The van der Waals surface area contributed by atoms with Gasteiger partial charge >= 0.3 is 0 Å². The van der Waals surface area contributed by atoms with Gasteiger partial charge in [-0.1, -0.05) is 13.8 Å². The second-order valence-corrected chi connectivity index (χ2v) is 5.63. The molecule has 0 heterocycles. The number of rotatable bonds is 2. The molecule has 2 rings (SSSR count). The van der Waals surface area contributed by atoms with Crippen LogP contribution in [-0.4, -0.2) is 13.0 Å². The zero-order chi connectivity index (χ0) is 10.4. The van der Waals surface area contributed by atoms with Crippen LogP contribution < -0.4 is 5.32 Å². The van der Waals surface area contributed by atoms with Gasteiger partial charge in [-0.15, -0.1) is 0 Å². The lowest BCUT2D eigenvalue weighted by molar-refractivity contribution is -0.124. The second-order valence-electron chi connectivity index (χ2n) is 5.63. The van der Waals surface area contributed by atoms with Crippen molar-refractivity contribution in [3.05, 3.63) is 0 Å². The van der Waals surface area contributed by atoms with Crippen LogP contribution in [-0.2, 0) is 4.79 Å². The first kappa shape index (κ1) is 10.0. The van der Waals surface area contributed by atoms with Crippen LogP contribution in [0.5, 0.6) is 0 Å². The molecule has 2 saturated carbocycles. The van der Waals surface area contributed by atoms with Crippen LogP contribution in [0.2, 0.25) is 0 Å². The zero-order valence-corrected chi connectivity index (χ0v) is 9.52. The molecule has 0 aromatic rings. The van der Waals surface area contributed by atoms with E-state index in [1.165, 1.54) is 25.7 Å². The average molecular weight is 195 g/mol. The summed E-state index contributed by atoms with van der Waals surface area (Å²) in [4.78, 5) is 11.5. The van der Waals surface area contributed by atoms with E-state index >= 15 is 0 Å². The largest absolute Gasteiger partial charge is 0.359 e. The Balaban J connectivity index is 2.19. The van der Waals surface area contributed by atoms with E-state index in [0.717, 1.165) is 12.3 Å². The first-order valence-corrected chi connectivity index (χ1v) is 5.72. The highest BCUT2D eigenvalue weighted by molar-refractivity contribution is 5.76. The van der Waals surface area contributed by atoms with Crippen LogP contribution in [0.15, 0.2) is 0 Å². The third kappa shape index (κ3) is 1.12. The van der Waals surface area contributed by atoms with Crippen molar-refractivity contribution in [1.82, 2.24) is 5.32 Å². The van der Waals surface area contributed by atoms with E-state index in [9.17, 15) is 4.79 Å². The van der Waals surface area contributed by atoms with E-state index in [0.29, 0.717) is 10.8 Å². The molecular weight excluding hydrogens is 174 g/mol. The standard InChI is InChI=1S/C12H21NO/c1-11(2)9-4-6-12(11,7-5-9)8-10(14)13-3/h9H,4-8H2,1-3H3,(H,13,14). The first-order chi connectivity index (χ1) is 6.52. The maximum absolute atomic E-state index is 11.5. The lowest BCUT2D eigenvalue weighted by Crippen LogP contribution is -2.35. The maximum Gasteiger partial charge on any atom is 0.220 e. The molecule has 0 radical (unpaired) electrons. The van der Waals surface area contributed by atoms with Crippen molar-refractivity contribution in [2.75, 3.05) is 7.05 Å². The van der Waals surface area contributed by atoms with Crippen LogP contribution in [0, 0.1) is 16.7 Å². The summed E-state index contributed by atoms with van der Waals surface area (Å²) in [5.74, 6) is 1.09. The third-order valence-corrected chi connectivity index (χ3v) is 5.11. The van der Waals surface area contributed by atoms with Crippen LogP contribution in [0.4, 0.5) is 0 Å². The summed E-state index contributed by atoms with van der Waals surface area (Å²) in [5.41, 5.74) is 0.706. The molecule has 2 nitrogen and oxygen atoms in total. The minimum absolute atomic E-state index is 0.223. The van der Waals surface area contributed by atoms with Gasteiger partial charge in [-0.3, -0.25) is 4.79 Å². The predicted molar refractivity (Wildman–Crippen MR) is 56.9 cm³/mol. The minimum atomic E-state index is 0.223. The van der Waals surface area contributed by atoms with Crippen molar-refractivity contribution in [3.63, 3.8) is 0 Å². The summed E-state index contributed by atoms with van der Waals surface area (Å²) in [5, 5.41) is 2.77. The average Bonchev–Trinajstić information content (AvgIpc) is 2.52. The van der Waals surface area contributed by atoms with Gasteiger partial charge in [0, 0.05) is 13.5 Å². The Bertz CT molecular complexity index is 249. The van der Waals surface area contributed by atoms with Crippen molar-refractivity contribution in [1.29, 1.82) is 0 Å². The quantitative estimate of drug-likeness (QED) is 0.720. The molecule has 2 heteroatoms. The number of amides is 1. The van der Waals surface area contributed by atoms with Gasteiger partial charge in [-0.25, -0.2) is 0 Å². The minimum Gasteiger partial charge on any atom is -0.359 e. The SMILES string of the molecule is CNC(=O)CC12CCC(CC1)C2(C)C. The molecule has 2 bridgehead atoms. The smallest absolute Gasteiger partial charge is 0.220 e. The molecule has 0 atom stereocenters. The highest BCUT2D eigenvalue weighted by Gasteiger charge is 2.58. The molecule has 0 spiro atoms. The van der Waals surface area contributed by atoms with E-state index in [2.05, 4.69) is 19.2 Å². The number of nitrogens with one attached hydrogen (secondary N) is 1. The Morgan fingerprint density at radius 1 is 1.36 bits per heavy atom. The van der Waals surface area contributed by atoms with E-state index in [1.807, 2.05) is 0 Å². The summed E-state index contributed by atoms with van der Waals surface area (Å²) in [6.45, 7) is 4.72. The normalized spacial score (nSPS) is 38.6. The molecule has 0 aliphatic heterocycles. The molecule has 2 aliphatic rings. The van der Waals surface area contributed by atoms with Crippen LogP contribution in [0.3, 0.4) is 0 Å². The van der Waals surface area contributed by atoms with Crippen molar-refractivity contribution < 1.29 is 4.79 Å². The van der Waals surface area contributed by atoms with Crippen LogP contribution in [0.1, 0.15) is 46.0 Å². The number of hydrogen-bond acceptors (Lipinski definition) is 1. The molecule has 2 aliphatic carbocycles. The third-order valence-electron chi connectivity index (χ3n) is 5.11. The maximum atomic E-state index is 11.5. The van der Waals surface area contributed by atoms with E-state index in [-0.39, 0.29) is 5.91 Å². The Kier molecular flexibility index (Phi) is 2.13. The topological polar surface area (TPSA) is 29.1 Å². The van der Waals surface area contributed by atoms with Gasteiger partial charge in [0.15, 0.2) is 0 Å². The van der Waals surface area contributed by atoms with Gasteiger partial charge < -0.3 is 5.32 Å². The van der Waals surface area contributed by atoms with E-state index < -0.39 is 0 Å². The van der Waals surface area contributed by atoms with Gasteiger partial charge in [0.05, 0.1) is 0 Å². The Morgan fingerprint density at radius 2 is 1.93 bits per heavy atom. The fraction of sp³-hybridized carbons (Fsp3) is 0.917. The number of carbonyl (C=O) groups excluding carboxylic acids is 1. The summed E-state index contributed by atoms with van der Waals surface area (Å²) in [6, 6.07) is 0. The molecule has 0 unspecified atom stereocenters. The summed E-state index contributed by atoms with van der Waals surface area (Å²) < 4.78 is 0. The lowest BCUT2D eigenvalue weighted by atomic mass is 9.67. The van der Waals surface area contributed by atoms with E-state index in [4.69, 9.17) is 0 Å². The molecule has 80 valence electrons. The van der Waals surface area contributed by atoms with Gasteiger partial charge in [0.1, 0.15) is 0 Å². The molecule has 14 heavy (non-hydrogen) atoms. The zero-order valence-electron chi connectivity index (χ0n) is 9.52. The van der Waals surface area contributed by atoms with Gasteiger partial charge in [0.2, 0.25) is 5.91 Å². The highest BCUT2D eigenvalue weighted by Crippen LogP contribution is 2.67. The molecule has 0 aromatic heterocycles. The van der Waals surface area contributed by atoms with Crippen molar-refractivity contribution in [3.8, 4) is 0 Å². The van der Waals surface area contributed by atoms with Crippen LogP contribution in [0.25, 0.3) is 0 Å².